The smallest absolute Gasteiger partial charge is 0.335 e. The number of carboxylic acids is 1. The summed E-state index contributed by atoms with van der Waals surface area (Å²) in [7, 11) is 0. The summed E-state index contributed by atoms with van der Waals surface area (Å²) in [5.74, 6) is -1.00. The van der Waals surface area contributed by atoms with Gasteiger partial charge >= 0.3 is 5.97 Å². The van der Waals surface area contributed by atoms with Gasteiger partial charge in [-0.05, 0) is 49.5 Å². The van der Waals surface area contributed by atoms with Crippen molar-refractivity contribution in [2.75, 3.05) is 0 Å². The molecule has 0 radical (unpaired) electrons. The van der Waals surface area contributed by atoms with Gasteiger partial charge in [-0.3, -0.25) is 9.56 Å². The first-order chi connectivity index (χ1) is 12.0. The third-order valence-corrected chi connectivity index (χ3v) is 4.83. The van der Waals surface area contributed by atoms with Crippen LogP contribution in [0.4, 0.5) is 5.69 Å². The maximum atomic E-state index is 11.0. The number of aryl methyl sites for hydroxylation is 1. The lowest BCUT2D eigenvalue weighted by Gasteiger charge is -2.04. The first-order valence-corrected chi connectivity index (χ1v) is 8.57. The molecule has 2 aromatic carbocycles. The van der Waals surface area contributed by atoms with Crippen LogP contribution in [0, 0.1) is 10.9 Å². The van der Waals surface area contributed by atoms with E-state index in [2.05, 4.69) is 4.99 Å². The van der Waals surface area contributed by atoms with Crippen molar-refractivity contribution in [2.45, 2.75) is 6.92 Å². The van der Waals surface area contributed by atoms with E-state index in [1.54, 1.807) is 16.7 Å². The number of aromatic nitrogens is 1. The van der Waals surface area contributed by atoms with Crippen LogP contribution in [0.5, 0.6) is 5.88 Å². The second-order valence-electron chi connectivity index (χ2n) is 5.34. The number of hydrogen-bond donors (Lipinski definition) is 2. The zero-order chi connectivity index (χ0) is 18.0. The Hall–Kier alpha value is -2.77. The van der Waals surface area contributed by atoms with Crippen LogP contribution in [0.1, 0.15) is 20.8 Å². The van der Waals surface area contributed by atoms with Crippen LogP contribution >= 0.6 is 23.6 Å². The normalized spacial score (nSPS) is 11.1. The lowest BCUT2D eigenvalue weighted by molar-refractivity contribution is 0.0697. The monoisotopic (exact) mass is 370 g/mol. The molecular formula is C18H14N2O3S2. The summed E-state index contributed by atoms with van der Waals surface area (Å²) in [5, 5.41) is 19.5. The Bertz CT molecular complexity index is 1020. The molecule has 0 fully saturated rings. The Kier molecular flexibility index (Phi) is 4.78. The highest BCUT2D eigenvalue weighted by molar-refractivity contribution is 7.73. The fourth-order valence-electron chi connectivity index (χ4n) is 2.24. The van der Waals surface area contributed by atoms with E-state index in [0.29, 0.717) is 14.5 Å². The van der Waals surface area contributed by atoms with Crippen molar-refractivity contribution >= 4 is 41.4 Å². The molecule has 5 nitrogen and oxygen atoms in total. The molecule has 3 rings (SSSR count). The van der Waals surface area contributed by atoms with Crippen LogP contribution in [-0.2, 0) is 0 Å². The molecule has 126 valence electrons. The lowest BCUT2D eigenvalue weighted by atomic mass is 10.2. The van der Waals surface area contributed by atoms with Crippen LogP contribution in [-0.4, -0.2) is 27.0 Å². The first-order valence-electron chi connectivity index (χ1n) is 7.35. The number of rotatable bonds is 4. The molecular weight excluding hydrogens is 356 g/mol. The van der Waals surface area contributed by atoms with E-state index in [9.17, 15) is 9.90 Å². The topological polar surface area (TPSA) is 74.8 Å². The minimum absolute atomic E-state index is 0.0111. The van der Waals surface area contributed by atoms with Gasteiger partial charge in [0.25, 0.3) is 0 Å². The average Bonchev–Trinajstić information content (AvgIpc) is 2.88. The van der Waals surface area contributed by atoms with Gasteiger partial charge in [0.15, 0.2) is 3.95 Å². The van der Waals surface area contributed by atoms with Gasteiger partial charge in [-0.2, -0.15) is 0 Å². The predicted molar refractivity (Wildman–Crippen MR) is 102 cm³/mol. The molecule has 2 N–H and O–H groups in total. The van der Waals surface area contributed by atoms with E-state index < -0.39 is 5.97 Å². The molecule has 0 aliphatic rings. The zero-order valence-corrected chi connectivity index (χ0v) is 14.8. The summed E-state index contributed by atoms with van der Waals surface area (Å²) in [6.45, 7) is 1.99. The van der Waals surface area contributed by atoms with E-state index in [1.165, 1.54) is 29.7 Å². The number of benzene rings is 2. The summed E-state index contributed by atoms with van der Waals surface area (Å²) < 4.78 is 2.08. The summed E-state index contributed by atoms with van der Waals surface area (Å²) in [4.78, 5) is 15.8. The van der Waals surface area contributed by atoms with Crippen LogP contribution in [0.25, 0.3) is 5.69 Å². The van der Waals surface area contributed by atoms with Gasteiger partial charge in [0.1, 0.15) is 4.88 Å². The molecule has 0 saturated carbocycles. The number of carboxylic acid groups (broad SMARTS) is 1. The highest BCUT2D eigenvalue weighted by Gasteiger charge is 2.12. The second kappa shape index (κ2) is 7.00. The number of thiazole rings is 1. The molecule has 0 bridgehead atoms. The Morgan fingerprint density at radius 3 is 2.64 bits per heavy atom. The largest absolute Gasteiger partial charge is 0.493 e. The maximum absolute atomic E-state index is 11.0. The lowest BCUT2D eigenvalue weighted by Crippen LogP contribution is -1.94. The fraction of sp³-hybridized carbons (Fsp3) is 0.0556. The quantitative estimate of drug-likeness (QED) is 0.514. The van der Waals surface area contributed by atoms with E-state index in [4.69, 9.17) is 17.3 Å². The van der Waals surface area contributed by atoms with Crippen LogP contribution in [0.2, 0.25) is 0 Å². The number of aliphatic imine (C=N–C) groups is 1. The molecule has 0 atom stereocenters. The number of nitrogens with zero attached hydrogens (tertiary/aromatic N) is 2. The third-order valence-electron chi connectivity index (χ3n) is 3.53. The highest BCUT2D eigenvalue weighted by atomic mass is 32.1. The van der Waals surface area contributed by atoms with Gasteiger partial charge in [-0.15, -0.1) is 0 Å². The Balaban J connectivity index is 1.95. The summed E-state index contributed by atoms with van der Waals surface area (Å²) in [6, 6.07) is 13.9. The summed E-state index contributed by atoms with van der Waals surface area (Å²) in [6.07, 6.45) is 1.49. The molecule has 25 heavy (non-hydrogen) atoms. The molecule has 0 aliphatic carbocycles. The molecule has 0 saturated heterocycles. The van der Waals surface area contributed by atoms with E-state index in [-0.39, 0.29) is 11.4 Å². The van der Waals surface area contributed by atoms with E-state index in [1.807, 2.05) is 31.2 Å². The third kappa shape index (κ3) is 3.67. The standard InChI is InChI=1S/C18H14N2O3S2/c1-11-5-7-14(8-6-11)20-16(21)15(25-18(20)24)10-19-13-4-2-3-12(9-13)17(22)23/h2-10,21H,1H3,(H,22,23). The van der Waals surface area contributed by atoms with Gasteiger partial charge in [0.2, 0.25) is 5.88 Å². The van der Waals surface area contributed by atoms with Gasteiger partial charge in [-0.1, -0.05) is 35.1 Å². The molecule has 0 aliphatic heterocycles. The van der Waals surface area contributed by atoms with Crippen molar-refractivity contribution in [1.82, 2.24) is 4.57 Å². The van der Waals surface area contributed by atoms with Gasteiger partial charge in [0.05, 0.1) is 23.2 Å². The Labute approximate surface area is 153 Å². The van der Waals surface area contributed by atoms with Crippen LogP contribution in [0.15, 0.2) is 53.5 Å². The number of aromatic hydroxyl groups is 1. The second-order valence-corrected chi connectivity index (χ2v) is 7.02. The molecule has 0 unspecified atom stereocenters. The van der Waals surface area contributed by atoms with Gasteiger partial charge in [-0.25, -0.2) is 4.79 Å². The van der Waals surface area contributed by atoms with Crippen molar-refractivity contribution in [3.05, 3.63) is 68.5 Å². The molecule has 0 amide bonds. The molecule has 3 aromatic rings. The molecule has 0 spiro atoms. The van der Waals surface area contributed by atoms with E-state index >= 15 is 0 Å². The van der Waals surface area contributed by atoms with Gasteiger partial charge < -0.3 is 10.2 Å². The average molecular weight is 370 g/mol. The number of aromatic carboxylic acids is 1. The zero-order valence-electron chi connectivity index (χ0n) is 13.2. The fourth-order valence-corrected chi connectivity index (χ4v) is 3.46. The first kappa shape index (κ1) is 17.1. The van der Waals surface area contributed by atoms with Crippen molar-refractivity contribution in [2.24, 2.45) is 4.99 Å². The van der Waals surface area contributed by atoms with Gasteiger partial charge in [0, 0.05) is 0 Å². The van der Waals surface area contributed by atoms with E-state index in [0.717, 1.165) is 11.3 Å². The number of hydrogen-bond acceptors (Lipinski definition) is 5. The SMILES string of the molecule is Cc1ccc(-n2c(O)c(C=Nc3cccc(C(=O)O)c3)sc2=S)cc1. The molecule has 7 heteroatoms. The van der Waals surface area contributed by atoms with Crippen LogP contribution < -0.4 is 0 Å². The predicted octanol–water partition coefficient (Wildman–Crippen LogP) is 4.73. The molecule has 1 aromatic heterocycles. The Morgan fingerprint density at radius 1 is 1.24 bits per heavy atom. The van der Waals surface area contributed by atoms with Crippen molar-refractivity contribution < 1.29 is 15.0 Å². The highest BCUT2D eigenvalue weighted by Crippen LogP contribution is 2.29. The van der Waals surface area contributed by atoms with Crippen molar-refractivity contribution in [3.8, 4) is 11.6 Å². The maximum Gasteiger partial charge on any atom is 0.335 e. The van der Waals surface area contributed by atoms with Crippen LogP contribution in [0.3, 0.4) is 0 Å². The summed E-state index contributed by atoms with van der Waals surface area (Å²) in [5.41, 5.74) is 2.53. The minimum atomic E-state index is -1.01. The van der Waals surface area contributed by atoms with Crippen molar-refractivity contribution in [1.29, 1.82) is 0 Å². The summed E-state index contributed by atoms with van der Waals surface area (Å²) >= 11 is 6.58. The van der Waals surface area contributed by atoms with Crippen molar-refractivity contribution in [3.63, 3.8) is 0 Å². The molecule has 1 heterocycles. The Morgan fingerprint density at radius 2 is 1.96 bits per heavy atom. The minimum Gasteiger partial charge on any atom is -0.493 e. The number of carbonyl (C=O) groups is 1.